The lowest BCUT2D eigenvalue weighted by molar-refractivity contribution is -0.123. The molecule has 0 aromatic heterocycles. The van der Waals surface area contributed by atoms with Crippen LogP contribution in [-0.2, 0) is 17.8 Å². The minimum atomic E-state index is -0.813. The van der Waals surface area contributed by atoms with Gasteiger partial charge in [-0.1, -0.05) is 60.1 Å². The van der Waals surface area contributed by atoms with Crippen LogP contribution < -0.4 is 10.6 Å². The van der Waals surface area contributed by atoms with E-state index in [4.69, 9.17) is 11.6 Å². The molecule has 0 bridgehead atoms. The maximum atomic E-state index is 13.8. The Morgan fingerprint density at radius 1 is 0.897 bits per heavy atom. The number of rotatable bonds is 7. The summed E-state index contributed by atoms with van der Waals surface area (Å²) in [6, 6.07) is 21.2. The van der Waals surface area contributed by atoms with E-state index in [2.05, 4.69) is 10.6 Å². The number of benzene rings is 3. The number of halogens is 2. The molecular formula is C23H20ClFN2O2. The van der Waals surface area contributed by atoms with Crippen molar-refractivity contribution in [3.8, 4) is 0 Å². The first kappa shape index (κ1) is 20.6. The molecule has 6 heteroatoms. The summed E-state index contributed by atoms with van der Waals surface area (Å²) in [6.07, 6.45) is 0.309. The quantitative estimate of drug-likeness (QED) is 0.615. The molecule has 2 amide bonds. The summed E-state index contributed by atoms with van der Waals surface area (Å²) >= 11 is 5.87. The van der Waals surface area contributed by atoms with E-state index in [9.17, 15) is 14.0 Å². The zero-order chi connectivity index (χ0) is 20.6. The van der Waals surface area contributed by atoms with Gasteiger partial charge in [0.15, 0.2) is 0 Å². The first-order chi connectivity index (χ1) is 14.0. The van der Waals surface area contributed by atoms with Gasteiger partial charge in [0.2, 0.25) is 5.91 Å². The van der Waals surface area contributed by atoms with Crippen LogP contribution in [0.4, 0.5) is 4.39 Å². The highest BCUT2D eigenvalue weighted by atomic mass is 35.5. The summed E-state index contributed by atoms with van der Waals surface area (Å²) in [4.78, 5) is 25.4. The van der Waals surface area contributed by atoms with E-state index in [1.165, 1.54) is 6.07 Å². The van der Waals surface area contributed by atoms with E-state index in [1.54, 1.807) is 42.5 Å². The molecule has 0 spiro atoms. The summed E-state index contributed by atoms with van der Waals surface area (Å²) in [6.45, 7) is 0.0353. The molecule has 4 nitrogen and oxygen atoms in total. The summed E-state index contributed by atoms with van der Waals surface area (Å²) in [7, 11) is 0. The third-order valence-corrected chi connectivity index (χ3v) is 4.67. The van der Waals surface area contributed by atoms with Gasteiger partial charge < -0.3 is 10.6 Å². The smallest absolute Gasteiger partial charge is 0.251 e. The van der Waals surface area contributed by atoms with Gasteiger partial charge in [-0.3, -0.25) is 9.59 Å². The van der Waals surface area contributed by atoms with Crippen LogP contribution >= 0.6 is 11.6 Å². The minimum Gasteiger partial charge on any atom is -0.350 e. The van der Waals surface area contributed by atoms with Crippen LogP contribution in [-0.4, -0.2) is 17.9 Å². The predicted molar refractivity (Wildman–Crippen MR) is 111 cm³/mol. The highest BCUT2D eigenvalue weighted by molar-refractivity contribution is 6.30. The largest absolute Gasteiger partial charge is 0.350 e. The van der Waals surface area contributed by atoms with Crippen LogP contribution in [0.1, 0.15) is 21.5 Å². The molecule has 2 N–H and O–H groups in total. The fourth-order valence-electron chi connectivity index (χ4n) is 2.85. The van der Waals surface area contributed by atoms with Crippen molar-refractivity contribution in [2.45, 2.75) is 19.0 Å². The van der Waals surface area contributed by atoms with Crippen molar-refractivity contribution in [3.05, 3.63) is 106 Å². The molecule has 29 heavy (non-hydrogen) atoms. The van der Waals surface area contributed by atoms with Gasteiger partial charge in [0.05, 0.1) is 0 Å². The topological polar surface area (TPSA) is 58.2 Å². The molecule has 0 saturated heterocycles. The number of amides is 2. The Hall–Kier alpha value is -3.18. The van der Waals surface area contributed by atoms with Gasteiger partial charge in [-0.2, -0.15) is 0 Å². The van der Waals surface area contributed by atoms with Crippen LogP contribution in [0.5, 0.6) is 0 Å². The van der Waals surface area contributed by atoms with E-state index >= 15 is 0 Å². The second kappa shape index (κ2) is 9.85. The van der Waals surface area contributed by atoms with E-state index < -0.39 is 11.9 Å². The van der Waals surface area contributed by atoms with E-state index in [1.807, 2.05) is 30.3 Å². The molecule has 0 aliphatic carbocycles. The van der Waals surface area contributed by atoms with Crippen LogP contribution in [0, 0.1) is 5.82 Å². The predicted octanol–water partition coefficient (Wildman–Crippen LogP) is 4.14. The van der Waals surface area contributed by atoms with Gasteiger partial charge in [0.1, 0.15) is 11.9 Å². The van der Waals surface area contributed by atoms with Crippen molar-refractivity contribution in [2.24, 2.45) is 0 Å². The Balaban J connectivity index is 1.73. The fourth-order valence-corrected chi connectivity index (χ4v) is 2.98. The van der Waals surface area contributed by atoms with Gasteiger partial charge >= 0.3 is 0 Å². The SMILES string of the molecule is O=C(NC(Cc1ccccc1)C(=O)NCc1ccccc1F)c1ccc(Cl)cc1. The van der Waals surface area contributed by atoms with Crippen LogP contribution in [0.25, 0.3) is 0 Å². The second-order valence-electron chi connectivity index (χ2n) is 6.53. The Bertz CT molecular complexity index is 978. The van der Waals surface area contributed by atoms with Crippen molar-refractivity contribution < 1.29 is 14.0 Å². The highest BCUT2D eigenvalue weighted by Gasteiger charge is 2.22. The van der Waals surface area contributed by atoms with Crippen LogP contribution in [0.2, 0.25) is 5.02 Å². The lowest BCUT2D eigenvalue weighted by atomic mass is 10.0. The normalized spacial score (nSPS) is 11.5. The zero-order valence-corrected chi connectivity index (χ0v) is 16.3. The molecule has 3 aromatic rings. The molecule has 0 heterocycles. The maximum absolute atomic E-state index is 13.8. The Morgan fingerprint density at radius 2 is 1.55 bits per heavy atom. The minimum absolute atomic E-state index is 0.0353. The van der Waals surface area contributed by atoms with Crippen LogP contribution in [0.3, 0.4) is 0 Å². The zero-order valence-electron chi connectivity index (χ0n) is 15.6. The first-order valence-corrected chi connectivity index (χ1v) is 9.52. The molecular weight excluding hydrogens is 391 g/mol. The van der Waals surface area contributed by atoms with Crippen molar-refractivity contribution in [3.63, 3.8) is 0 Å². The van der Waals surface area contributed by atoms with E-state index in [0.29, 0.717) is 22.6 Å². The molecule has 148 valence electrons. The Kier molecular flexibility index (Phi) is 6.98. The number of hydrogen-bond acceptors (Lipinski definition) is 2. The summed E-state index contributed by atoms with van der Waals surface area (Å²) in [5, 5.41) is 5.99. The average Bonchev–Trinajstić information content (AvgIpc) is 2.73. The molecule has 3 aromatic carbocycles. The Labute approximate surface area is 173 Å². The number of carbonyl (C=O) groups is 2. The molecule has 0 saturated carbocycles. The van der Waals surface area contributed by atoms with Crippen molar-refractivity contribution in [1.29, 1.82) is 0 Å². The van der Waals surface area contributed by atoms with Crippen LogP contribution in [0.15, 0.2) is 78.9 Å². The van der Waals surface area contributed by atoms with Crippen molar-refractivity contribution in [2.75, 3.05) is 0 Å². The molecule has 1 atom stereocenters. The molecule has 0 fully saturated rings. The van der Waals surface area contributed by atoms with Gasteiger partial charge in [0.25, 0.3) is 5.91 Å². The molecule has 1 unspecified atom stereocenters. The fraction of sp³-hybridized carbons (Fsp3) is 0.130. The average molecular weight is 411 g/mol. The second-order valence-corrected chi connectivity index (χ2v) is 6.97. The van der Waals surface area contributed by atoms with Crippen molar-refractivity contribution >= 4 is 23.4 Å². The van der Waals surface area contributed by atoms with Gasteiger partial charge in [-0.15, -0.1) is 0 Å². The van der Waals surface area contributed by atoms with E-state index in [-0.39, 0.29) is 18.4 Å². The Morgan fingerprint density at radius 3 is 2.24 bits per heavy atom. The standard InChI is InChI=1S/C23H20ClFN2O2/c24-19-12-10-17(11-13-19)22(28)27-21(14-16-6-2-1-3-7-16)23(29)26-15-18-8-4-5-9-20(18)25/h1-13,21H,14-15H2,(H,26,29)(H,27,28). The molecule has 0 radical (unpaired) electrons. The molecule has 3 rings (SSSR count). The lowest BCUT2D eigenvalue weighted by Crippen LogP contribution is -2.47. The summed E-state index contributed by atoms with van der Waals surface area (Å²) in [5.41, 5.74) is 1.67. The maximum Gasteiger partial charge on any atom is 0.251 e. The highest BCUT2D eigenvalue weighted by Crippen LogP contribution is 2.11. The summed E-state index contributed by atoms with van der Waals surface area (Å²) < 4.78 is 13.8. The van der Waals surface area contributed by atoms with E-state index in [0.717, 1.165) is 5.56 Å². The molecule has 0 aliphatic heterocycles. The molecule has 0 aliphatic rings. The number of nitrogens with one attached hydrogen (secondary N) is 2. The first-order valence-electron chi connectivity index (χ1n) is 9.14. The lowest BCUT2D eigenvalue weighted by Gasteiger charge is -2.19. The number of hydrogen-bond donors (Lipinski definition) is 2. The van der Waals surface area contributed by atoms with Gasteiger partial charge in [0, 0.05) is 29.1 Å². The monoisotopic (exact) mass is 410 g/mol. The third-order valence-electron chi connectivity index (χ3n) is 4.42. The van der Waals surface area contributed by atoms with Crippen molar-refractivity contribution in [1.82, 2.24) is 10.6 Å². The van der Waals surface area contributed by atoms with Gasteiger partial charge in [-0.25, -0.2) is 4.39 Å². The summed E-state index contributed by atoms with van der Waals surface area (Å²) in [5.74, 6) is -1.17. The number of carbonyl (C=O) groups excluding carboxylic acids is 2. The van der Waals surface area contributed by atoms with Gasteiger partial charge in [-0.05, 0) is 35.9 Å². The third kappa shape index (κ3) is 5.90.